The maximum absolute atomic E-state index is 13.1. The Morgan fingerprint density at radius 1 is 0.943 bits per heavy atom. The maximum Gasteiger partial charge on any atom is 0.408 e. The molecule has 3 N–H and O–H groups in total. The molecule has 0 spiro atoms. The van der Waals surface area contributed by atoms with Gasteiger partial charge in [-0.15, -0.1) is 0 Å². The van der Waals surface area contributed by atoms with Gasteiger partial charge < -0.3 is 20.4 Å². The van der Waals surface area contributed by atoms with E-state index in [2.05, 4.69) is 15.6 Å². The highest BCUT2D eigenvalue weighted by Crippen LogP contribution is 2.21. The van der Waals surface area contributed by atoms with Crippen LogP contribution in [0.1, 0.15) is 16.7 Å². The Labute approximate surface area is 213 Å². The minimum absolute atomic E-state index is 0.114. The number of aromatic amines is 1. The molecule has 4 rings (SSSR count). The largest absolute Gasteiger partial charge is 0.445 e. The van der Waals surface area contributed by atoms with Crippen molar-refractivity contribution in [2.45, 2.75) is 25.5 Å². The van der Waals surface area contributed by atoms with Crippen molar-refractivity contribution >= 4 is 46.1 Å². The van der Waals surface area contributed by atoms with E-state index >= 15 is 0 Å². The minimum Gasteiger partial charge on any atom is -0.445 e. The van der Waals surface area contributed by atoms with Crippen molar-refractivity contribution in [1.29, 1.82) is 0 Å². The van der Waals surface area contributed by atoms with Gasteiger partial charge in [-0.2, -0.15) is 0 Å². The summed E-state index contributed by atoms with van der Waals surface area (Å²) in [5.74, 6) is -0.308. The molecule has 0 saturated carbocycles. The maximum atomic E-state index is 13.1. The van der Waals surface area contributed by atoms with Crippen molar-refractivity contribution in [3.8, 4) is 0 Å². The molecule has 1 heterocycles. The van der Waals surface area contributed by atoms with Gasteiger partial charge in [0, 0.05) is 40.1 Å². The molecule has 0 aliphatic heterocycles. The second kappa shape index (κ2) is 11.8. The number of rotatable bonds is 9. The fourth-order valence-electron chi connectivity index (χ4n) is 3.80. The van der Waals surface area contributed by atoms with E-state index in [-0.39, 0.29) is 12.5 Å². The number of para-hydroxylation sites is 1. The number of hydrogen-bond acceptors (Lipinski definition) is 3. The molecule has 2 amide bonds. The third kappa shape index (κ3) is 6.78. The zero-order valence-electron chi connectivity index (χ0n) is 18.9. The van der Waals surface area contributed by atoms with Gasteiger partial charge in [0.05, 0.1) is 0 Å². The van der Waals surface area contributed by atoms with Crippen LogP contribution in [0.3, 0.4) is 0 Å². The molecule has 6 nitrogen and oxygen atoms in total. The van der Waals surface area contributed by atoms with Gasteiger partial charge in [0.15, 0.2) is 0 Å². The Kier molecular flexibility index (Phi) is 8.29. The Balaban J connectivity index is 1.42. The van der Waals surface area contributed by atoms with Gasteiger partial charge in [0.25, 0.3) is 0 Å². The van der Waals surface area contributed by atoms with Crippen molar-refractivity contribution < 1.29 is 14.3 Å². The van der Waals surface area contributed by atoms with Crippen LogP contribution in [0.2, 0.25) is 10.0 Å². The number of aromatic nitrogens is 1. The first-order chi connectivity index (χ1) is 17.0. The van der Waals surface area contributed by atoms with E-state index in [0.29, 0.717) is 29.4 Å². The first kappa shape index (κ1) is 24.6. The van der Waals surface area contributed by atoms with Gasteiger partial charge >= 0.3 is 6.09 Å². The molecule has 0 aliphatic rings. The molecule has 3 aromatic carbocycles. The zero-order valence-corrected chi connectivity index (χ0v) is 20.4. The third-order valence-corrected chi connectivity index (χ3v) is 6.22. The van der Waals surface area contributed by atoms with Crippen LogP contribution in [0.5, 0.6) is 0 Å². The molecule has 1 aromatic heterocycles. The molecule has 180 valence electrons. The number of alkyl carbamates (subject to hydrolysis) is 1. The molecule has 1 atom stereocenters. The van der Waals surface area contributed by atoms with Crippen molar-refractivity contribution in [2.75, 3.05) is 6.54 Å². The van der Waals surface area contributed by atoms with Gasteiger partial charge in [-0.25, -0.2) is 4.79 Å². The van der Waals surface area contributed by atoms with E-state index < -0.39 is 12.1 Å². The summed E-state index contributed by atoms with van der Waals surface area (Å²) in [6, 6.07) is 21.6. The molecule has 0 saturated heterocycles. The summed E-state index contributed by atoms with van der Waals surface area (Å²) in [6.45, 7) is 0.467. The zero-order chi connectivity index (χ0) is 24.6. The van der Waals surface area contributed by atoms with Gasteiger partial charge in [-0.05, 0) is 41.3 Å². The van der Waals surface area contributed by atoms with Crippen LogP contribution in [0.25, 0.3) is 10.9 Å². The Morgan fingerprint density at radius 3 is 2.51 bits per heavy atom. The van der Waals surface area contributed by atoms with Gasteiger partial charge in [0.1, 0.15) is 12.6 Å². The summed E-state index contributed by atoms with van der Waals surface area (Å²) < 4.78 is 5.35. The highest BCUT2D eigenvalue weighted by atomic mass is 35.5. The number of nitrogens with one attached hydrogen (secondary N) is 3. The van der Waals surface area contributed by atoms with Crippen molar-refractivity contribution in [3.05, 3.63) is 106 Å². The SMILES string of the molecule is O=C(N[C@H](Cc1c[nH]c2ccccc12)C(=O)NCCc1ccc(Cl)cc1Cl)OCc1ccccc1. The summed E-state index contributed by atoms with van der Waals surface area (Å²) in [5, 5.41) is 7.73. The molecular weight excluding hydrogens is 485 g/mol. The van der Waals surface area contributed by atoms with Crippen LogP contribution in [-0.2, 0) is 29.0 Å². The van der Waals surface area contributed by atoms with Crippen LogP contribution in [0, 0.1) is 0 Å². The summed E-state index contributed by atoms with van der Waals surface area (Å²) in [7, 11) is 0. The predicted molar refractivity (Wildman–Crippen MR) is 139 cm³/mol. The lowest BCUT2D eigenvalue weighted by Crippen LogP contribution is -2.48. The normalized spacial score (nSPS) is 11.7. The monoisotopic (exact) mass is 509 g/mol. The Bertz CT molecular complexity index is 1310. The molecule has 0 fully saturated rings. The van der Waals surface area contributed by atoms with Crippen molar-refractivity contribution in [1.82, 2.24) is 15.6 Å². The number of H-pyrrole nitrogens is 1. The Hall–Kier alpha value is -3.48. The fourth-order valence-corrected chi connectivity index (χ4v) is 4.31. The average Bonchev–Trinajstić information content (AvgIpc) is 3.27. The lowest BCUT2D eigenvalue weighted by molar-refractivity contribution is -0.123. The molecule has 0 unspecified atom stereocenters. The molecule has 35 heavy (non-hydrogen) atoms. The van der Waals surface area contributed by atoms with E-state index in [4.69, 9.17) is 27.9 Å². The first-order valence-corrected chi connectivity index (χ1v) is 12.0. The number of carbonyl (C=O) groups is 2. The van der Waals surface area contributed by atoms with Crippen LogP contribution in [0.15, 0.2) is 79.0 Å². The summed E-state index contributed by atoms with van der Waals surface area (Å²) in [6.07, 6.45) is 2.03. The number of halogens is 2. The second-order valence-electron chi connectivity index (χ2n) is 8.10. The molecular formula is C27H25Cl2N3O3. The number of fused-ring (bicyclic) bond motifs is 1. The van der Waals surface area contributed by atoms with Crippen LogP contribution >= 0.6 is 23.2 Å². The van der Waals surface area contributed by atoms with Crippen molar-refractivity contribution in [2.24, 2.45) is 0 Å². The third-order valence-electron chi connectivity index (χ3n) is 5.63. The van der Waals surface area contributed by atoms with E-state index in [1.54, 1.807) is 12.1 Å². The average molecular weight is 510 g/mol. The van der Waals surface area contributed by atoms with E-state index in [9.17, 15) is 9.59 Å². The molecule has 0 radical (unpaired) electrons. The molecule has 8 heteroatoms. The number of amides is 2. The van der Waals surface area contributed by atoms with Crippen LogP contribution < -0.4 is 10.6 Å². The highest BCUT2D eigenvalue weighted by molar-refractivity contribution is 6.35. The quantitative estimate of drug-likeness (QED) is 0.271. The van der Waals surface area contributed by atoms with E-state index in [0.717, 1.165) is 27.6 Å². The predicted octanol–water partition coefficient (Wildman–Crippen LogP) is 5.67. The Morgan fingerprint density at radius 2 is 1.71 bits per heavy atom. The lowest BCUT2D eigenvalue weighted by Gasteiger charge is -2.18. The highest BCUT2D eigenvalue weighted by Gasteiger charge is 2.23. The second-order valence-corrected chi connectivity index (χ2v) is 8.94. The summed E-state index contributed by atoms with van der Waals surface area (Å²) in [4.78, 5) is 28.8. The molecule has 4 aromatic rings. The number of carbonyl (C=O) groups excluding carboxylic acids is 2. The number of ether oxygens (including phenoxy) is 1. The fraction of sp³-hybridized carbons (Fsp3) is 0.185. The molecule has 0 aliphatic carbocycles. The number of benzene rings is 3. The summed E-state index contributed by atoms with van der Waals surface area (Å²) in [5.41, 5.74) is 3.62. The number of hydrogen-bond donors (Lipinski definition) is 3. The van der Waals surface area contributed by atoms with E-state index in [1.807, 2.05) is 66.9 Å². The van der Waals surface area contributed by atoms with Crippen molar-refractivity contribution in [3.63, 3.8) is 0 Å². The van der Waals surface area contributed by atoms with Crippen LogP contribution in [0.4, 0.5) is 4.79 Å². The molecule has 0 bridgehead atoms. The van der Waals surface area contributed by atoms with Crippen LogP contribution in [-0.4, -0.2) is 29.6 Å². The topological polar surface area (TPSA) is 83.2 Å². The summed E-state index contributed by atoms with van der Waals surface area (Å²) >= 11 is 12.2. The van der Waals surface area contributed by atoms with Gasteiger partial charge in [-0.3, -0.25) is 4.79 Å². The smallest absolute Gasteiger partial charge is 0.408 e. The first-order valence-electron chi connectivity index (χ1n) is 11.2. The standard InChI is InChI=1S/C27H25Cl2N3O3/c28-21-11-10-19(23(29)15-21)12-13-30-26(33)25(14-20-16-31-24-9-5-4-8-22(20)24)32-27(34)35-17-18-6-2-1-3-7-18/h1-11,15-16,25,31H,12-14,17H2,(H,30,33)(H,32,34)/t25-/m1/s1. The van der Waals surface area contributed by atoms with Gasteiger partial charge in [-0.1, -0.05) is 77.8 Å². The minimum atomic E-state index is -0.821. The van der Waals surface area contributed by atoms with E-state index in [1.165, 1.54) is 0 Å². The lowest BCUT2D eigenvalue weighted by atomic mass is 10.0. The van der Waals surface area contributed by atoms with Gasteiger partial charge in [0.2, 0.25) is 5.91 Å².